The van der Waals surface area contributed by atoms with Crippen molar-refractivity contribution in [2.24, 2.45) is 5.92 Å². The van der Waals surface area contributed by atoms with Gasteiger partial charge >= 0.3 is 0 Å². The normalized spacial score (nSPS) is 26.6. The minimum atomic E-state index is 0.343. The molecule has 0 aliphatic carbocycles. The molecule has 2 saturated heterocycles. The lowest BCUT2D eigenvalue weighted by Crippen LogP contribution is -2.48. The molecule has 7 heteroatoms. The standard InChI is InChI=1S/C17H28ClN5O/c1-12-8-22(9-13(2)24-12)10-14-4-6-23(7-5-14)17-15(19-3)16(18)20-11-21-17/h11-14,19H,4-10H2,1-3H3. The van der Waals surface area contributed by atoms with Crippen LogP contribution in [0.25, 0.3) is 0 Å². The van der Waals surface area contributed by atoms with Gasteiger partial charge in [-0.1, -0.05) is 11.6 Å². The van der Waals surface area contributed by atoms with Gasteiger partial charge in [-0.15, -0.1) is 0 Å². The highest BCUT2D eigenvalue weighted by Gasteiger charge is 2.27. The molecular weight excluding hydrogens is 326 g/mol. The molecule has 1 aromatic rings. The summed E-state index contributed by atoms with van der Waals surface area (Å²) in [4.78, 5) is 13.4. The average Bonchev–Trinajstić information content (AvgIpc) is 2.54. The number of anilines is 2. The van der Waals surface area contributed by atoms with Gasteiger partial charge in [-0.2, -0.15) is 0 Å². The van der Waals surface area contributed by atoms with Gasteiger partial charge in [-0.3, -0.25) is 4.90 Å². The minimum absolute atomic E-state index is 0.343. The molecule has 134 valence electrons. The number of halogens is 1. The molecule has 1 aromatic heterocycles. The summed E-state index contributed by atoms with van der Waals surface area (Å²) in [6, 6.07) is 0. The van der Waals surface area contributed by atoms with Gasteiger partial charge in [0.15, 0.2) is 11.0 Å². The summed E-state index contributed by atoms with van der Waals surface area (Å²) in [6.45, 7) is 9.65. The number of hydrogen-bond donors (Lipinski definition) is 1. The van der Waals surface area contributed by atoms with E-state index < -0.39 is 0 Å². The number of aromatic nitrogens is 2. The second-order valence-corrected chi connectivity index (χ2v) is 7.38. The van der Waals surface area contributed by atoms with E-state index in [1.54, 1.807) is 6.33 Å². The van der Waals surface area contributed by atoms with E-state index in [0.717, 1.165) is 43.6 Å². The maximum absolute atomic E-state index is 6.17. The Balaban J connectivity index is 1.55. The van der Waals surface area contributed by atoms with Crippen LogP contribution in [0.1, 0.15) is 26.7 Å². The SMILES string of the molecule is CNc1c(Cl)ncnc1N1CCC(CN2CC(C)OC(C)C2)CC1. The van der Waals surface area contributed by atoms with E-state index in [9.17, 15) is 0 Å². The molecule has 3 heterocycles. The van der Waals surface area contributed by atoms with Crippen LogP contribution in [-0.2, 0) is 4.74 Å². The number of rotatable bonds is 4. The third-order valence-corrected chi connectivity index (χ3v) is 5.24. The molecule has 6 nitrogen and oxygen atoms in total. The lowest BCUT2D eigenvalue weighted by atomic mass is 9.95. The minimum Gasteiger partial charge on any atom is -0.383 e. The zero-order valence-electron chi connectivity index (χ0n) is 14.8. The van der Waals surface area contributed by atoms with Crippen LogP contribution in [0.4, 0.5) is 11.5 Å². The molecule has 0 amide bonds. The molecular formula is C17H28ClN5O. The number of nitrogens with zero attached hydrogens (tertiary/aromatic N) is 4. The quantitative estimate of drug-likeness (QED) is 0.839. The van der Waals surface area contributed by atoms with Gasteiger partial charge in [0.05, 0.1) is 12.2 Å². The van der Waals surface area contributed by atoms with Crippen molar-refractivity contribution in [1.29, 1.82) is 0 Å². The van der Waals surface area contributed by atoms with E-state index in [0.29, 0.717) is 17.4 Å². The highest BCUT2D eigenvalue weighted by atomic mass is 35.5. The van der Waals surface area contributed by atoms with Gasteiger partial charge in [0.2, 0.25) is 0 Å². The molecule has 2 fully saturated rings. The lowest BCUT2D eigenvalue weighted by Gasteiger charge is -2.40. The van der Waals surface area contributed by atoms with Crippen LogP contribution in [-0.4, -0.2) is 66.8 Å². The van der Waals surface area contributed by atoms with Crippen LogP contribution in [0.5, 0.6) is 0 Å². The first-order valence-corrected chi connectivity index (χ1v) is 9.25. The van der Waals surface area contributed by atoms with Crippen molar-refractivity contribution in [2.45, 2.75) is 38.9 Å². The topological polar surface area (TPSA) is 53.5 Å². The lowest BCUT2D eigenvalue weighted by molar-refractivity contribution is -0.0720. The summed E-state index contributed by atoms with van der Waals surface area (Å²) in [5, 5.41) is 3.61. The molecule has 3 rings (SSSR count). The van der Waals surface area contributed by atoms with Gasteiger partial charge in [0, 0.05) is 39.8 Å². The predicted octanol–water partition coefficient (Wildman–Crippen LogP) is 2.50. The molecule has 0 radical (unpaired) electrons. The number of hydrogen-bond acceptors (Lipinski definition) is 6. The zero-order chi connectivity index (χ0) is 17.1. The Morgan fingerprint density at radius 3 is 2.50 bits per heavy atom. The summed E-state index contributed by atoms with van der Waals surface area (Å²) in [7, 11) is 1.86. The van der Waals surface area contributed by atoms with Crippen LogP contribution >= 0.6 is 11.6 Å². The van der Waals surface area contributed by atoms with E-state index in [-0.39, 0.29) is 0 Å². The van der Waals surface area contributed by atoms with Crippen molar-refractivity contribution in [3.63, 3.8) is 0 Å². The number of nitrogens with one attached hydrogen (secondary N) is 1. The average molecular weight is 354 g/mol. The first-order valence-electron chi connectivity index (χ1n) is 8.87. The summed E-state index contributed by atoms with van der Waals surface area (Å²) >= 11 is 6.17. The second-order valence-electron chi connectivity index (χ2n) is 7.02. The Bertz CT molecular complexity index is 540. The molecule has 2 unspecified atom stereocenters. The summed E-state index contributed by atoms with van der Waals surface area (Å²) in [6.07, 6.45) is 4.60. The molecule has 1 N–H and O–H groups in total. The van der Waals surface area contributed by atoms with E-state index in [4.69, 9.17) is 16.3 Å². The van der Waals surface area contributed by atoms with E-state index in [1.807, 2.05) is 7.05 Å². The first-order chi connectivity index (χ1) is 11.6. The number of piperidine rings is 1. The largest absolute Gasteiger partial charge is 0.383 e. The van der Waals surface area contributed by atoms with Crippen LogP contribution in [0, 0.1) is 5.92 Å². The smallest absolute Gasteiger partial charge is 0.157 e. The van der Waals surface area contributed by atoms with E-state index in [1.165, 1.54) is 19.4 Å². The van der Waals surface area contributed by atoms with Crippen LogP contribution in [0.3, 0.4) is 0 Å². The number of ether oxygens (including phenoxy) is 1. The van der Waals surface area contributed by atoms with Crippen molar-refractivity contribution in [1.82, 2.24) is 14.9 Å². The summed E-state index contributed by atoms with van der Waals surface area (Å²) in [5.74, 6) is 1.67. The zero-order valence-corrected chi connectivity index (χ0v) is 15.6. The molecule has 0 spiro atoms. The van der Waals surface area contributed by atoms with Crippen molar-refractivity contribution >= 4 is 23.1 Å². The molecule has 2 atom stereocenters. The van der Waals surface area contributed by atoms with Gasteiger partial charge in [0.25, 0.3) is 0 Å². The van der Waals surface area contributed by atoms with Gasteiger partial charge < -0.3 is 15.0 Å². The molecule has 24 heavy (non-hydrogen) atoms. The Labute approximate surface area is 149 Å². The highest BCUT2D eigenvalue weighted by molar-refractivity contribution is 6.32. The molecule has 2 aliphatic rings. The first kappa shape index (κ1) is 17.7. The Kier molecular flexibility index (Phi) is 5.79. The van der Waals surface area contributed by atoms with Gasteiger partial charge in [-0.05, 0) is 32.6 Å². The number of morpholine rings is 1. The van der Waals surface area contributed by atoms with Crippen molar-refractivity contribution in [3.05, 3.63) is 11.5 Å². The predicted molar refractivity (Wildman–Crippen MR) is 98.0 cm³/mol. The summed E-state index contributed by atoms with van der Waals surface area (Å²) in [5.41, 5.74) is 0.827. The third kappa shape index (κ3) is 4.10. The molecule has 2 aliphatic heterocycles. The maximum atomic E-state index is 6.17. The monoisotopic (exact) mass is 353 g/mol. The summed E-state index contributed by atoms with van der Waals surface area (Å²) < 4.78 is 5.83. The highest BCUT2D eigenvalue weighted by Crippen LogP contribution is 2.31. The van der Waals surface area contributed by atoms with Crippen molar-refractivity contribution in [3.8, 4) is 0 Å². The third-order valence-electron chi connectivity index (χ3n) is 4.96. The molecule has 0 bridgehead atoms. The van der Waals surface area contributed by atoms with E-state index in [2.05, 4.69) is 38.9 Å². The van der Waals surface area contributed by atoms with Crippen molar-refractivity contribution < 1.29 is 4.74 Å². The van der Waals surface area contributed by atoms with E-state index >= 15 is 0 Å². The second kappa shape index (κ2) is 7.85. The Hall–Kier alpha value is -1.11. The van der Waals surface area contributed by atoms with Crippen molar-refractivity contribution in [2.75, 3.05) is 50.0 Å². The van der Waals surface area contributed by atoms with Gasteiger partial charge in [0.1, 0.15) is 12.0 Å². The fraction of sp³-hybridized carbons (Fsp3) is 0.765. The fourth-order valence-corrected chi connectivity index (χ4v) is 4.16. The Morgan fingerprint density at radius 2 is 1.88 bits per heavy atom. The fourth-order valence-electron chi connectivity index (χ4n) is 3.94. The molecule has 0 saturated carbocycles. The maximum Gasteiger partial charge on any atom is 0.157 e. The Morgan fingerprint density at radius 1 is 1.21 bits per heavy atom. The van der Waals surface area contributed by atoms with Gasteiger partial charge in [-0.25, -0.2) is 9.97 Å². The van der Waals surface area contributed by atoms with Crippen LogP contribution < -0.4 is 10.2 Å². The van der Waals surface area contributed by atoms with Crippen LogP contribution in [0.2, 0.25) is 5.15 Å². The van der Waals surface area contributed by atoms with Crippen LogP contribution in [0.15, 0.2) is 6.33 Å². The molecule has 0 aromatic carbocycles.